The lowest BCUT2D eigenvalue weighted by molar-refractivity contribution is -0.164. The lowest BCUT2D eigenvalue weighted by Gasteiger charge is -2.30. The number of ketones is 1. The zero-order valence-electron chi connectivity index (χ0n) is 16.9. The minimum absolute atomic E-state index is 0.0355. The first-order chi connectivity index (χ1) is 14.6. The van der Waals surface area contributed by atoms with Crippen LogP contribution in [0.1, 0.15) is 35.4 Å². The van der Waals surface area contributed by atoms with Crippen molar-refractivity contribution in [2.75, 3.05) is 32.9 Å². The average molecular weight is 411 g/mol. The molecular weight excluding hydrogens is 386 g/mol. The molecule has 7 nitrogen and oxygen atoms in total. The number of rotatable bonds is 8. The number of carbonyl (C=O) groups is 3. The van der Waals surface area contributed by atoms with Crippen molar-refractivity contribution in [3.63, 3.8) is 0 Å². The van der Waals surface area contributed by atoms with Crippen molar-refractivity contribution in [3.05, 3.63) is 65.7 Å². The van der Waals surface area contributed by atoms with Gasteiger partial charge in [0.15, 0.2) is 12.4 Å². The second kappa shape index (κ2) is 10.5. The lowest BCUT2D eigenvalue weighted by Crippen LogP contribution is -2.44. The SMILES string of the molecule is CCC(=O)c1ccc(OCC(=O)O[C@H](C(=O)N2CCOCC2)c2ccccc2)cc1. The molecule has 0 saturated carbocycles. The summed E-state index contributed by atoms with van der Waals surface area (Å²) >= 11 is 0. The minimum Gasteiger partial charge on any atom is -0.482 e. The summed E-state index contributed by atoms with van der Waals surface area (Å²) in [5.74, 6) is -0.455. The van der Waals surface area contributed by atoms with E-state index in [1.54, 1.807) is 60.4 Å². The third-order valence-corrected chi connectivity index (χ3v) is 4.75. The maximum atomic E-state index is 13.0. The zero-order valence-corrected chi connectivity index (χ0v) is 16.9. The van der Waals surface area contributed by atoms with Crippen LogP contribution < -0.4 is 4.74 Å². The Morgan fingerprint density at radius 1 is 1.00 bits per heavy atom. The number of benzene rings is 2. The molecule has 0 bridgehead atoms. The van der Waals surface area contributed by atoms with Crippen LogP contribution in [-0.2, 0) is 19.1 Å². The number of morpholine rings is 1. The Balaban J connectivity index is 1.63. The van der Waals surface area contributed by atoms with E-state index < -0.39 is 12.1 Å². The summed E-state index contributed by atoms with van der Waals surface area (Å²) in [6, 6.07) is 15.5. The van der Waals surface area contributed by atoms with Gasteiger partial charge in [0.2, 0.25) is 6.10 Å². The van der Waals surface area contributed by atoms with Crippen LogP contribution in [0.25, 0.3) is 0 Å². The van der Waals surface area contributed by atoms with Crippen molar-refractivity contribution in [2.45, 2.75) is 19.4 Å². The van der Waals surface area contributed by atoms with Crippen LogP contribution in [0.5, 0.6) is 5.75 Å². The number of carbonyl (C=O) groups excluding carboxylic acids is 3. The lowest BCUT2D eigenvalue weighted by atomic mass is 10.1. The maximum Gasteiger partial charge on any atom is 0.345 e. The average Bonchev–Trinajstić information content (AvgIpc) is 2.81. The van der Waals surface area contributed by atoms with E-state index in [1.165, 1.54) is 0 Å². The van der Waals surface area contributed by atoms with Crippen LogP contribution in [-0.4, -0.2) is 55.5 Å². The van der Waals surface area contributed by atoms with Crippen molar-refractivity contribution in [2.24, 2.45) is 0 Å². The molecule has 1 fully saturated rings. The van der Waals surface area contributed by atoms with E-state index in [4.69, 9.17) is 14.2 Å². The molecule has 0 aromatic heterocycles. The van der Waals surface area contributed by atoms with Crippen molar-refractivity contribution >= 4 is 17.7 Å². The summed E-state index contributed by atoms with van der Waals surface area (Å²) in [4.78, 5) is 38.7. The standard InChI is InChI=1S/C23H25NO6/c1-2-20(25)17-8-10-19(11-9-17)29-16-21(26)30-22(18-6-4-3-5-7-18)23(27)24-12-14-28-15-13-24/h3-11,22H,2,12-16H2,1H3/t22-/m0/s1. The highest BCUT2D eigenvalue weighted by Gasteiger charge is 2.30. The predicted octanol–water partition coefficient (Wildman–Crippen LogP) is 2.80. The van der Waals surface area contributed by atoms with Crippen molar-refractivity contribution in [1.82, 2.24) is 4.90 Å². The van der Waals surface area contributed by atoms with E-state index in [-0.39, 0.29) is 18.3 Å². The van der Waals surface area contributed by atoms with E-state index in [0.717, 1.165) is 0 Å². The van der Waals surface area contributed by atoms with Gasteiger partial charge >= 0.3 is 5.97 Å². The van der Waals surface area contributed by atoms with E-state index in [2.05, 4.69) is 0 Å². The molecular formula is C23H25NO6. The van der Waals surface area contributed by atoms with Crippen LogP contribution in [0.3, 0.4) is 0 Å². The monoisotopic (exact) mass is 411 g/mol. The number of amides is 1. The fourth-order valence-corrected chi connectivity index (χ4v) is 3.09. The van der Waals surface area contributed by atoms with Gasteiger partial charge < -0.3 is 19.1 Å². The molecule has 3 rings (SSSR count). The Labute approximate surface area is 175 Å². The van der Waals surface area contributed by atoms with Gasteiger partial charge in [-0.3, -0.25) is 9.59 Å². The van der Waals surface area contributed by atoms with E-state index >= 15 is 0 Å². The van der Waals surface area contributed by atoms with Gasteiger partial charge in [0.1, 0.15) is 5.75 Å². The van der Waals surface area contributed by atoms with Gasteiger partial charge in [-0.15, -0.1) is 0 Å². The van der Waals surface area contributed by atoms with Crippen LogP contribution in [0.15, 0.2) is 54.6 Å². The third-order valence-electron chi connectivity index (χ3n) is 4.75. The molecule has 0 aliphatic carbocycles. The van der Waals surface area contributed by atoms with E-state index in [9.17, 15) is 14.4 Å². The highest BCUT2D eigenvalue weighted by Crippen LogP contribution is 2.22. The summed E-state index contributed by atoms with van der Waals surface area (Å²) in [7, 11) is 0. The first kappa shape index (κ1) is 21.5. The topological polar surface area (TPSA) is 82.1 Å². The van der Waals surface area contributed by atoms with Gasteiger partial charge in [-0.2, -0.15) is 0 Å². The Bertz CT molecular complexity index is 859. The van der Waals surface area contributed by atoms with Gasteiger partial charge in [-0.05, 0) is 24.3 Å². The summed E-state index contributed by atoms with van der Waals surface area (Å²) in [5, 5.41) is 0. The molecule has 1 aliphatic rings. The Hall–Kier alpha value is -3.19. The van der Waals surface area contributed by atoms with E-state index in [0.29, 0.717) is 49.6 Å². The fraction of sp³-hybridized carbons (Fsp3) is 0.348. The molecule has 2 aromatic carbocycles. The molecule has 1 heterocycles. The molecule has 0 spiro atoms. The van der Waals surface area contributed by atoms with Crippen molar-refractivity contribution in [3.8, 4) is 5.75 Å². The number of hydrogen-bond acceptors (Lipinski definition) is 6. The molecule has 0 radical (unpaired) electrons. The number of esters is 1. The van der Waals surface area contributed by atoms with Crippen LogP contribution in [0.2, 0.25) is 0 Å². The van der Waals surface area contributed by atoms with Crippen molar-refractivity contribution in [1.29, 1.82) is 0 Å². The smallest absolute Gasteiger partial charge is 0.345 e. The van der Waals surface area contributed by atoms with Crippen LogP contribution >= 0.6 is 0 Å². The number of nitrogens with zero attached hydrogens (tertiary/aromatic N) is 1. The summed E-state index contributed by atoms with van der Waals surface area (Å²) in [5.41, 5.74) is 1.19. The summed E-state index contributed by atoms with van der Waals surface area (Å²) < 4.78 is 16.3. The van der Waals surface area contributed by atoms with E-state index in [1.807, 2.05) is 6.07 Å². The molecule has 1 saturated heterocycles. The first-order valence-corrected chi connectivity index (χ1v) is 9.95. The Morgan fingerprint density at radius 3 is 2.30 bits per heavy atom. The summed E-state index contributed by atoms with van der Waals surface area (Å²) in [6.07, 6.45) is -0.616. The molecule has 1 aliphatic heterocycles. The molecule has 158 valence electrons. The highest BCUT2D eigenvalue weighted by molar-refractivity contribution is 5.95. The maximum absolute atomic E-state index is 13.0. The van der Waals surface area contributed by atoms with Gasteiger partial charge in [-0.1, -0.05) is 37.3 Å². The fourth-order valence-electron chi connectivity index (χ4n) is 3.09. The second-order valence-corrected chi connectivity index (χ2v) is 6.81. The van der Waals surface area contributed by atoms with Gasteiger partial charge in [0, 0.05) is 30.6 Å². The quantitative estimate of drug-likeness (QED) is 0.491. The summed E-state index contributed by atoms with van der Waals surface area (Å²) in [6.45, 7) is 3.28. The largest absolute Gasteiger partial charge is 0.482 e. The first-order valence-electron chi connectivity index (χ1n) is 9.95. The van der Waals surface area contributed by atoms with Gasteiger partial charge in [0.05, 0.1) is 13.2 Å². The molecule has 0 unspecified atom stereocenters. The number of hydrogen-bond donors (Lipinski definition) is 0. The van der Waals surface area contributed by atoms with Crippen LogP contribution in [0, 0.1) is 0 Å². The molecule has 7 heteroatoms. The van der Waals surface area contributed by atoms with Gasteiger partial charge in [0.25, 0.3) is 5.91 Å². The Kier molecular flexibility index (Phi) is 7.57. The van der Waals surface area contributed by atoms with Crippen LogP contribution in [0.4, 0.5) is 0 Å². The minimum atomic E-state index is -1.04. The number of Topliss-reactive ketones (excluding diaryl/α,β-unsaturated/α-hetero) is 1. The second-order valence-electron chi connectivity index (χ2n) is 6.81. The Morgan fingerprint density at radius 2 is 1.67 bits per heavy atom. The molecule has 30 heavy (non-hydrogen) atoms. The molecule has 2 aromatic rings. The zero-order chi connectivity index (χ0) is 21.3. The highest BCUT2D eigenvalue weighted by atomic mass is 16.6. The molecule has 1 amide bonds. The predicted molar refractivity (Wildman–Crippen MR) is 109 cm³/mol. The molecule has 1 atom stereocenters. The molecule has 0 N–H and O–H groups in total. The third kappa shape index (κ3) is 5.67. The van der Waals surface area contributed by atoms with Gasteiger partial charge in [-0.25, -0.2) is 4.79 Å². The van der Waals surface area contributed by atoms with Crippen molar-refractivity contribution < 1.29 is 28.6 Å². The normalized spacial score (nSPS) is 14.6. The number of ether oxygens (including phenoxy) is 3.